The zero-order valence-corrected chi connectivity index (χ0v) is 13.2. The van der Waals surface area contributed by atoms with Crippen molar-refractivity contribution in [2.75, 3.05) is 13.1 Å². The molecule has 0 amide bonds. The number of hydrogen-bond donors (Lipinski definition) is 1. The molecule has 112 valence electrons. The number of rotatable bonds is 6. The maximum absolute atomic E-state index is 4.12. The van der Waals surface area contributed by atoms with E-state index in [9.17, 15) is 0 Å². The quantitative estimate of drug-likeness (QED) is 0.865. The first-order valence-electron chi connectivity index (χ1n) is 8.10. The minimum Gasteiger partial charge on any atom is -0.313 e. The zero-order chi connectivity index (χ0) is 14.4. The molecule has 1 aliphatic carbocycles. The van der Waals surface area contributed by atoms with Crippen molar-refractivity contribution in [3.8, 4) is 0 Å². The lowest BCUT2D eigenvalue weighted by atomic mass is 9.82. The summed E-state index contributed by atoms with van der Waals surface area (Å²) in [5, 5.41) is 3.70. The van der Waals surface area contributed by atoms with Crippen LogP contribution >= 0.6 is 0 Å². The summed E-state index contributed by atoms with van der Waals surface area (Å²) in [7, 11) is 0. The van der Waals surface area contributed by atoms with Gasteiger partial charge in [0.1, 0.15) is 0 Å². The molecular formula is C17H29N3. The molecule has 1 fully saturated rings. The van der Waals surface area contributed by atoms with Crippen molar-refractivity contribution in [2.45, 2.75) is 58.7 Å². The van der Waals surface area contributed by atoms with Crippen LogP contribution in [0.25, 0.3) is 0 Å². The molecule has 1 aliphatic rings. The van der Waals surface area contributed by atoms with Gasteiger partial charge in [-0.25, -0.2) is 0 Å². The number of nitrogens with one attached hydrogen (secondary N) is 1. The lowest BCUT2D eigenvalue weighted by Gasteiger charge is -2.42. The predicted octanol–water partition coefficient (Wildman–Crippen LogP) is 3.07. The Balaban J connectivity index is 2.06. The van der Waals surface area contributed by atoms with Crippen LogP contribution < -0.4 is 5.32 Å². The highest BCUT2D eigenvalue weighted by molar-refractivity contribution is 5.10. The van der Waals surface area contributed by atoms with E-state index in [0.29, 0.717) is 12.1 Å². The van der Waals surface area contributed by atoms with E-state index in [1.807, 2.05) is 12.4 Å². The van der Waals surface area contributed by atoms with Crippen molar-refractivity contribution in [1.82, 2.24) is 15.2 Å². The Bertz CT molecular complexity index is 379. The van der Waals surface area contributed by atoms with E-state index in [-0.39, 0.29) is 0 Å². The average molecular weight is 275 g/mol. The van der Waals surface area contributed by atoms with Crippen molar-refractivity contribution in [3.05, 3.63) is 30.1 Å². The molecule has 0 radical (unpaired) electrons. The minimum absolute atomic E-state index is 0.651. The maximum atomic E-state index is 4.12. The fourth-order valence-electron chi connectivity index (χ4n) is 3.44. The molecule has 0 aromatic carbocycles. The third kappa shape index (κ3) is 4.03. The molecule has 0 saturated heterocycles. The Morgan fingerprint density at radius 2 is 2.00 bits per heavy atom. The Morgan fingerprint density at radius 3 is 2.65 bits per heavy atom. The van der Waals surface area contributed by atoms with Crippen molar-refractivity contribution in [2.24, 2.45) is 5.92 Å². The molecule has 1 N–H and O–H groups in total. The number of pyridine rings is 1. The van der Waals surface area contributed by atoms with Gasteiger partial charge in [-0.15, -0.1) is 0 Å². The van der Waals surface area contributed by atoms with Gasteiger partial charge in [-0.3, -0.25) is 9.88 Å². The van der Waals surface area contributed by atoms with Crippen molar-refractivity contribution >= 4 is 0 Å². The van der Waals surface area contributed by atoms with Gasteiger partial charge in [0.15, 0.2) is 0 Å². The molecule has 1 aromatic rings. The molecule has 0 bridgehead atoms. The maximum Gasteiger partial charge on any atom is 0.0271 e. The molecule has 1 aromatic heterocycles. The summed E-state index contributed by atoms with van der Waals surface area (Å²) in [6.45, 7) is 10.1. The molecule has 20 heavy (non-hydrogen) atoms. The molecule has 3 nitrogen and oxygen atoms in total. The number of hydrogen-bond acceptors (Lipinski definition) is 3. The van der Waals surface area contributed by atoms with Crippen LogP contribution in [-0.2, 0) is 6.54 Å². The topological polar surface area (TPSA) is 28.2 Å². The summed E-state index contributed by atoms with van der Waals surface area (Å²) in [6.07, 6.45) is 7.78. The first-order chi connectivity index (χ1) is 9.74. The summed E-state index contributed by atoms with van der Waals surface area (Å²) in [6, 6.07) is 5.59. The summed E-state index contributed by atoms with van der Waals surface area (Å²) in [5.74, 6) is 0.849. The normalized spacial score (nSPS) is 26.9. The monoisotopic (exact) mass is 275 g/mol. The highest BCUT2D eigenvalue weighted by atomic mass is 15.2. The largest absolute Gasteiger partial charge is 0.313 e. The third-order valence-corrected chi connectivity index (χ3v) is 4.56. The molecule has 3 heteroatoms. The predicted molar refractivity (Wildman–Crippen MR) is 84.6 cm³/mol. The molecule has 3 unspecified atom stereocenters. The Labute approximate surface area is 123 Å². The van der Waals surface area contributed by atoms with Crippen molar-refractivity contribution in [3.63, 3.8) is 0 Å². The van der Waals surface area contributed by atoms with E-state index >= 15 is 0 Å². The lowest BCUT2D eigenvalue weighted by molar-refractivity contribution is 0.0999. The Hall–Kier alpha value is -0.930. The van der Waals surface area contributed by atoms with Crippen LogP contribution in [0.2, 0.25) is 0 Å². The summed E-state index contributed by atoms with van der Waals surface area (Å²) >= 11 is 0. The SMILES string of the molecule is CCNC1CCC(C)CC1N(CC)Cc1ccncc1. The van der Waals surface area contributed by atoms with Gasteiger partial charge in [-0.2, -0.15) is 0 Å². The highest BCUT2D eigenvalue weighted by Crippen LogP contribution is 2.28. The molecule has 0 spiro atoms. The molecule has 3 atom stereocenters. The summed E-state index contributed by atoms with van der Waals surface area (Å²) < 4.78 is 0. The van der Waals surface area contributed by atoms with Crippen LogP contribution in [0.5, 0.6) is 0 Å². The Morgan fingerprint density at radius 1 is 1.25 bits per heavy atom. The molecule has 2 rings (SSSR count). The second-order valence-corrected chi connectivity index (χ2v) is 6.07. The Kier molecular flexibility index (Phi) is 5.99. The summed E-state index contributed by atoms with van der Waals surface area (Å²) in [4.78, 5) is 6.75. The van der Waals surface area contributed by atoms with E-state index in [1.54, 1.807) is 0 Å². The van der Waals surface area contributed by atoms with Gasteiger partial charge in [-0.05, 0) is 56.0 Å². The second-order valence-electron chi connectivity index (χ2n) is 6.07. The van der Waals surface area contributed by atoms with Gasteiger partial charge in [-0.1, -0.05) is 20.8 Å². The van der Waals surface area contributed by atoms with Crippen molar-refractivity contribution in [1.29, 1.82) is 0 Å². The van der Waals surface area contributed by atoms with Gasteiger partial charge >= 0.3 is 0 Å². The van der Waals surface area contributed by atoms with Crippen LogP contribution in [-0.4, -0.2) is 35.1 Å². The number of aromatic nitrogens is 1. The van der Waals surface area contributed by atoms with Gasteiger partial charge in [0, 0.05) is 31.0 Å². The van der Waals surface area contributed by atoms with E-state index in [2.05, 4.69) is 48.1 Å². The zero-order valence-electron chi connectivity index (χ0n) is 13.2. The number of likely N-dealkylation sites (N-methyl/N-ethyl adjacent to an activating group) is 2. The molecule has 1 heterocycles. The lowest BCUT2D eigenvalue weighted by Crippen LogP contribution is -2.52. The standard InChI is InChI=1S/C17H29N3/c1-4-19-16-7-6-14(3)12-17(16)20(5-2)13-15-8-10-18-11-9-15/h8-11,14,16-17,19H,4-7,12-13H2,1-3H3. The van der Waals surface area contributed by atoms with Crippen molar-refractivity contribution < 1.29 is 0 Å². The first kappa shape index (κ1) is 15.5. The molecular weight excluding hydrogens is 246 g/mol. The molecule has 0 aliphatic heterocycles. The molecule has 1 saturated carbocycles. The first-order valence-corrected chi connectivity index (χ1v) is 8.10. The van der Waals surface area contributed by atoms with E-state index in [0.717, 1.165) is 25.6 Å². The minimum atomic E-state index is 0.651. The van der Waals surface area contributed by atoms with Gasteiger partial charge in [0.25, 0.3) is 0 Å². The second kappa shape index (κ2) is 7.75. The fraction of sp³-hybridized carbons (Fsp3) is 0.706. The fourth-order valence-corrected chi connectivity index (χ4v) is 3.44. The van der Waals surface area contributed by atoms with Crippen LogP contribution in [0.4, 0.5) is 0 Å². The van der Waals surface area contributed by atoms with Gasteiger partial charge in [0.2, 0.25) is 0 Å². The third-order valence-electron chi connectivity index (χ3n) is 4.56. The number of nitrogens with zero attached hydrogens (tertiary/aromatic N) is 2. The van der Waals surface area contributed by atoms with Crippen LogP contribution in [0.3, 0.4) is 0 Å². The van der Waals surface area contributed by atoms with E-state index in [4.69, 9.17) is 0 Å². The van der Waals surface area contributed by atoms with E-state index < -0.39 is 0 Å². The van der Waals surface area contributed by atoms with Crippen LogP contribution in [0.1, 0.15) is 45.6 Å². The van der Waals surface area contributed by atoms with Crippen LogP contribution in [0.15, 0.2) is 24.5 Å². The van der Waals surface area contributed by atoms with E-state index in [1.165, 1.54) is 24.8 Å². The van der Waals surface area contributed by atoms with Gasteiger partial charge < -0.3 is 5.32 Å². The van der Waals surface area contributed by atoms with Gasteiger partial charge in [0.05, 0.1) is 0 Å². The highest BCUT2D eigenvalue weighted by Gasteiger charge is 2.31. The average Bonchev–Trinajstić information content (AvgIpc) is 2.48. The summed E-state index contributed by atoms with van der Waals surface area (Å²) in [5.41, 5.74) is 1.37. The van der Waals surface area contributed by atoms with Crippen LogP contribution in [0, 0.1) is 5.92 Å². The smallest absolute Gasteiger partial charge is 0.0271 e.